The molecule has 3 aromatic rings. The molecule has 1 heterocycles. The summed E-state index contributed by atoms with van der Waals surface area (Å²) in [7, 11) is 0. The number of benzene rings is 2. The van der Waals surface area contributed by atoms with Gasteiger partial charge in [0.15, 0.2) is 10.9 Å². The Morgan fingerprint density at radius 1 is 1.00 bits per heavy atom. The van der Waals surface area contributed by atoms with E-state index in [0.29, 0.717) is 11.4 Å². The van der Waals surface area contributed by atoms with Crippen molar-refractivity contribution in [3.05, 3.63) is 74.3 Å². The van der Waals surface area contributed by atoms with E-state index in [2.05, 4.69) is 15.6 Å². The Hall–Kier alpha value is -3.92. The number of carbonyl (C=O) groups is 3. The lowest BCUT2D eigenvalue weighted by molar-refractivity contribution is -0.383. The number of hydrogen-bond donors (Lipinski definition) is 2. The molecule has 0 saturated heterocycles. The summed E-state index contributed by atoms with van der Waals surface area (Å²) in [5.74, 6) is -1.99. The first kappa shape index (κ1) is 26.7. The molecule has 0 fully saturated rings. The van der Waals surface area contributed by atoms with E-state index in [0.717, 1.165) is 22.5 Å². The Morgan fingerprint density at radius 3 is 2.19 bits per heavy atom. The highest BCUT2D eigenvalue weighted by molar-refractivity contribution is 7.17. The number of Topliss-reactive ketones (excluding diaryl/α,β-unsaturated/α-hetero) is 2. The van der Waals surface area contributed by atoms with Gasteiger partial charge >= 0.3 is 0 Å². The zero-order valence-electron chi connectivity index (χ0n) is 20.7. The zero-order chi connectivity index (χ0) is 26.6. The van der Waals surface area contributed by atoms with Crippen molar-refractivity contribution < 1.29 is 19.3 Å². The third-order valence-electron chi connectivity index (χ3n) is 5.58. The van der Waals surface area contributed by atoms with Crippen LogP contribution in [0.4, 0.5) is 22.2 Å². The van der Waals surface area contributed by atoms with E-state index in [9.17, 15) is 24.5 Å². The van der Waals surface area contributed by atoms with E-state index in [1.165, 1.54) is 12.1 Å². The Morgan fingerprint density at radius 2 is 1.61 bits per heavy atom. The molecule has 3 rings (SSSR count). The molecule has 9 nitrogen and oxygen atoms in total. The van der Waals surface area contributed by atoms with Crippen LogP contribution in [0, 0.1) is 17.0 Å². The summed E-state index contributed by atoms with van der Waals surface area (Å²) in [5, 5.41) is 17.1. The second kappa shape index (κ2) is 11.2. The lowest BCUT2D eigenvalue weighted by atomic mass is 9.92. The maximum Gasteiger partial charge on any atom is 0.292 e. The summed E-state index contributed by atoms with van der Waals surface area (Å²) in [6, 6.07) is 11.8. The first-order valence-electron chi connectivity index (χ1n) is 11.5. The Balaban J connectivity index is 1.75. The van der Waals surface area contributed by atoms with Crippen molar-refractivity contribution in [2.24, 2.45) is 0 Å². The summed E-state index contributed by atoms with van der Waals surface area (Å²) in [5.41, 5.74) is 2.91. The first-order chi connectivity index (χ1) is 17.0. The van der Waals surface area contributed by atoms with Gasteiger partial charge in [-0.1, -0.05) is 69.4 Å². The molecule has 188 valence electrons. The molecule has 0 unspecified atom stereocenters. The van der Waals surface area contributed by atoms with Gasteiger partial charge < -0.3 is 10.6 Å². The largest absolute Gasteiger partial charge is 0.326 e. The molecule has 0 bridgehead atoms. The number of nitro groups is 1. The van der Waals surface area contributed by atoms with Gasteiger partial charge in [0, 0.05) is 11.8 Å². The molecule has 0 saturated carbocycles. The Bertz CT molecular complexity index is 1300. The quantitative estimate of drug-likeness (QED) is 0.111. The van der Waals surface area contributed by atoms with Crippen molar-refractivity contribution in [2.75, 3.05) is 10.6 Å². The molecular formula is C26H28N4O5S. The van der Waals surface area contributed by atoms with Crippen LogP contribution < -0.4 is 10.6 Å². The third-order valence-corrected chi connectivity index (χ3v) is 6.69. The Kier molecular flexibility index (Phi) is 8.31. The minimum Gasteiger partial charge on any atom is -0.326 e. The summed E-state index contributed by atoms with van der Waals surface area (Å²) in [6.45, 7) is 9.61. The molecule has 0 aliphatic rings. The maximum atomic E-state index is 12.9. The van der Waals surface area contributed by atoms with Crippen LogP contribution in [-0.4, -0.2) is 27.4 Å². The van der Waals surface area contributed by atoms with Crippen molar-refractivity contribution in [3.63, 3.8) is 0 Å². The number of nitro benzene ring substituents is 1. The molecular weight excluding hydrogens is 480 g/mol. The van der Waals surface area contributed by atoms with E-state index in [1.807, 2.05) is 45.9 Å². The van der Waals surface area contributed by atoms with Crippen LogP contribution in [-0.2, 0) is 9.59 Å². The lowest BCUT2D eigenvalue weighted by Crippen LogP contribution is -2.26. The van der Waals surface area contributed by atoms with Gasteiger partial charge in [-0.2, -0.15) is 0 Å². The summed E-state index contributed by atoms with van der Waals surface area (Å²) < 4.78 is 0. The van der Waals surface area contributed by atoms with Crippen molar-refractivity contribution in [1.82, 2.24) is 4.98 Å². The molecule has 0 aliphatic carbocycles. The normalized spacial score (nSPS) is 11.0. The van der Waals surface area contributed by atoms with E-state index < -0.39 is 28.8 Å². The number of aromatic nitrogens is 1. The second-order valence-corrected chi connectivity index (χ2v) is 9.93. The number of anilines is 3. The fourth-order valence-corrected chi connectivity index (χ4v) is 4.66. The van der Waals surface area contributed by atoms with Gasteiger partial charge in [0.1, 0.15) is 5.69 Å². The van der Waals surface area contributed by atoms with Crippen LogP contribution in [0.1, 0.15) is 72.4 Å². The van der Waals surface area contributed by atoms with Gasteiger partial charge in [-0.3, -0.25) is 24.5 Å². The Labute approximate surface area is 213 Å². The van der Waals surface area contributed by atoms with Gasteiger partial charge in [0.2, 0.25) is 5.78 Å². The fourth-order valence-electron chi connectivity index (χ4n) is 3.75. The summed E-state index contributed by atoms with van der Waals surface area (Å²) in [4.78, 5) is 53.5. The van der Waals surface area contributed by atoms with E-state index in [-0.39, 0.29) is 33.2 Å². The third kappa shape index (κ3) is 6.01. The highest BCUT2D eigenvalue weighted by Gasteiger charge is 2.25. The molecule has 2 N–H and O–H groups in total. The standard InChI is InChI=1S/C26H28N4O5S/c1-14(2)17-9-8-10-18(15(3)4)23(17)29-25(33)22(32)13-21(31)24-16(5)27-26(36-24)28-19-11-6-7-12-20(19)30(34)35/h6-12,14-15H,13H2,1-5H3,(H,27,28)(H,29,33). The number of nitrogens with one attached hydrogen (secondary N) is 2. The summed E-state index contributed by atoms with van der Waals surface area (Å²) in [6.07, 6.45) is -0.610. The number of ketones is 2. The first-order valence-corrected chi connectivity index (χ1v) is 12.3. The number of nitrogens with zero attached hydrogens (tertiary/aromatic N) is 2. The van der Waals surface area contributed by atoms with Crippen molar-refractivity contribution in [1.29, 1.82) is 0 Å². The van der Waals surface area contributed by atoms with Crippen LogP contribution in [0.25, 0.3) is 0 Å². The molecule has 1 aromatic heterocycles. The second-order valence-electron chi connectivity index (χ2n) is 8.93. The number of amides is 1. The van der Waals surface area contributed by atoms with Gasteiger partial charge in [-0.05, 0) is 36.0 Å². The van der Waals surface area contributed by atoms with Gasteiger partial charge in [0.25, 0.3) is 11.6 Å². The van der Waals surface area contributed by atoms with Crippen LogP contribution in [0.5, 0.6) is 0 Å². The topological polar surface area (TPSA) is 131 Å². The molecule has 0 atom stereocenters. The highest BCUT2D eigenvalue weighted by Crippen LogP contribution is 2.33. The zero-order valence-corrected chi connectivity index (χ0v) is 21.6. The SMILES string of the molecule is Cc1nc(Nc2ccccc2[N+](=O)[O-])sc1C(=O)CC(=O)C(=O)Nc1c(C(C)C)cccc1C(C)C. The van der Waals surface area contributed by atoms with Gasteiger partial charge in [0.05, 0.1) is 21.9 Å². The van der Waals surface area contributed by atoms with Crippen LogP contribution in [0.3, 0.4) is 0 Å². The number of hydrogen-bond acceptors (Lipinski definition) is 8. The number of aryl methyl sites for hydroxylation is 1. The molecule has 36 heavy (non-hydrogen) atoms. The number of rotatable bonds is 10. The van der Waals surface area contributed by atoms with Crippen LogP contribution in [0.2, 0.25) is 0 Å². The predicted molar refractivity (Wildman–Crippen MR) is 140 cm³/mol. The highest BCUT2D eigenvalue weighted by atomic mass is 32.1. The maximum absolute atomic E-state index is 12.9. The fraction of sp³-hybridized carbons (Fsp3) is 0.308. The average Bonchev–Trinajstić information content (AvgIpc) is 3.18. The number of thiazole rings is 1. The van der Waals surface area contributed by atoms with E-state index in [1.54, 1.807) is 19.1 Å². The van der Waals surface area contributed by atoms with Gasteiger partial charge in [-0.25, -0.2) is 4.98 Å². The number of carbonyl (C=O) groups excluding carboxylic acids is 3. The molecule has 2 aromatic carbocycles. The van der Waals surface area contributed by atoms with Crippen LogP contribution in [0.15, 0.2) is 42.5 Å². The monoisotopic (exact) mass is 508 g/mol. The molecule has 1 amide bonds. The van der Waals surface area contributed by atoms with Gasteiger partial charge in [-0.15, -0.1) is 0 Å². The average molecular weight is 509 g/mol. The predicted octanol–water partition coefficient (Wildman–Crippen LogP) is 6.13. The van der Waals surface area contributed by atoms with Crippen molar-refractivity contribution in [3.8, 4) is 0 Å². The minimum atomic E-state index is -0.853. The van der Waals surface area contributed by atoms with E-state index >= 15 is 0 Å². The smallest absolute Gasteiger partial charge is 0.292 e. The van der Waals surface area contributed by atoms with E-state index in [4.69, 9.17) is 0 Å². The molecule has 0 radical (unpaired) electrons. The van der Waals surface area contributed by atoms with Crippen molar-refractivity contribution >= 4 is 51.0 Å². The molecule has 0 aliphatic heterocycles. The van der Waals surface area contributed by atoms with Crippen molar-refractivity contribution in [2.45, 2.75) is 52.9 Å². The lowest BCUT2D eigenvalue weighted by Gasteiger charge is -2.19. The minimum absolute atomic E-state index is 0.127. The summed E-state index contributed by atoms with van der Waals surface area (Å²) >= 11 is 0.975. The number of para-hydroxylation sites is 3. The molecule has 0 spiro atoms. The molecule has 10 heteroatoms. The van der Waals surface area contributed by atoms with Crippen LogP contribution >= 0.6 is 11.3 Å².